The molecule has 94 valence electrons. The van der Waals surface area contributed by atoms with E-state index in [-0.39, 0.29) is 0 Å². The Labute approximate surface area is 101 Å². The summed E-state index contributed by atoms with van der Waals surface area (Å²) in [6.07, 6.45) is 7.50. The smallest absolute Gasteiger partial charge is 0.0161 e. The highest BCUT2D eigenvalue weighted by Crippen LogP contribution is 2.12. The molecule has 1 aliphatic rings. The third kappa shape index (κ3) is 4.67. The summed E-state index contributed by atoms with van der Waals surface area (Å²) < 4.78 is 0. The summed E-state index contributed by atoms with van der Waals surface area (Å²) >= 11 is 0. The van der Waals surface area contributed by atoms with E-state index in [2.05, 4.69) is 30.2 Å². The molecule has 0 N–H and O–H groups in total. The maximum Gasteiger partial charge on any atom is 0.0161 e. The summed E-state index contributed by atoms with van der Waals surface area (Å²) in [6.45, 7) is 14.4. The molecule has 0 aliphatic carbocycles. The van der Waals surface area contributed by atoms with Gasteiger partial charge in [0.25, 0.3) is 0 Å². The van der Waals surface area contributed by atoms with Crippen LogP contribution in [0, 0.1) is 0 Å². The van der Waals surface area contributed by atoms with E-state index in [1.165, 1.54) is 51.9 Å². The number of nitrogens with zero attached hydrogens (tertiary/aromatic N) is 2. The van der Waals surface area contributed by atoms with Crippen LogP contribution in [0.5, 0.6) is 0 Å². The third-order valence-corrected chi connectivity index (χ3v) is 3.64. The van der Waals surface area contributed by atoms with Crippen molar-refractivity contribution in [3.05, 3.63) is 12.7 Å². The average Bonchev–Trinajstić information content (AvgIpc) is 2.30. The second-order valence-corrected chi connectivity index (χ2v) is 4.97. The molecule has 1 heterocycles. The second-order valence-electron chi connectivity index (χ2n) is 4.97. The van der Waals surface area contributed by atoms with Crippen molar-refractivity contribution in [2.24, 2.45) is 0 Å². The Morgan fingerprint density at radius 3 is 2.44 bits per heavy atom. The zero-order chi connectivity index (χ0) is 11.8. The molecule has 16 heavy (non-hydrogen) atoms. The van der Waals surface area contributed by atoms with E-state index in [1.54, 1.807) is 0 Å². The van der Waals surface area contributed by atoms with Crippen LogP contribution in [0.4, 0.5) is 0 Å². The number of hydrogen-bond donors (Lipinski definition) is 0. The molecular weight excluding hydrogens is 196 g/mol. The lowest BCUT2D eigenvalue weighted by atomic mass is 10.1. The monoisotopic (exact) mass is 224 g/mol. The summed E-state index contributed by atoms with van der Waals surface area (Å²) in [5, 5.41) is 0. The van der Waals surface area contributed by atoms with Crippen LogP contribution in [0.1, 0.15) is 39.5 Å². The van der Waals surface area contributed by atoms with Crippen molar-refractivity contribution in [1.29, 1.82) is 0 Å². The first-order valence-corrected chi connectivity index (χ1v) is 6.85. The molecule has 1 fully saturated rings. The number of unbranched alkanes of at least 4 members (excludes halogenated alkanes) is 2. The molecule has 0 amide bonds. The molecule has 1 atom stereocenters. The Hall–Kier alpha value is -0.340. The van der Waals surface area contributed by atoms with E-state index in [9.17, 15) is 0 Å². The maximum atomic E-state index is 3.80. The minimum Gasteiger partial charge on any atom is -0.298 e. The zero-order valence-electron chi connectivity index (χ0n) is 11.1. The highest BCUT2D eigenvalue weighted by molar-refractivity contribution is 4.80. The van der Waals surface area contributed by atoms with Gasteiger partial charge in [-0.3, -0.25) is 9.80 Å². The van der Waals surface area contributed by atoms with Gasteiger partial charge in [0.15, 0.2) is 0 Å². The molecular formula is C14H28N2. The van der Waals surface area contributed by atoms with Gasteiger partial charge in [0.2, 0.25) is 0 Å². The first kappa shape index (κ1) is 13.7. The van der Waals surface area contributed by atoms with Crippen molar-refractivity contribution in [1.82, 2.24) is 9.80 Å². The van der Waals surface area contributed by atoms with Gasteiger partial charge in [0.05, 0.1) is 0 Å². The highest BCUT2D eigenvalue weighted by atomic mass is 15.3. The fourth-order valence-electron chi connectivity index (χ4n) is 2.44. The maximum absolute atomic E-state index is 3.80. The van der Waals surface area contributed by atoms with Crippen molar-refractivity contribution in [3.8, 4) is 0 Å². The number of hydrogen-bond acceptors (Lipinski definition) is 2. The van der Waals surface area contributed by atoms with Gasteiger partial charge in [-0.15, -0.1) is 6.58 Å². The predicted octanol–water partition coefficient (Wildman–Crippen LogP) is 2.76. The van der Waals surface area contributed by atoms with Crippen LogP contribution < -0.4 is 0 Å². The molecule has 2 nitrogen and oxygen atoms in total. The molecule has 1 rings (SSSR count). The molecule has 1 aliphatic heterocycles. The lowest BCUT2D eigenvalue weighted by Crippen LogP contribution is -2.49. The average molecular weight is 224 g/mol. The van der Waals surface area contributed by atoms with Gasteiger partial charge in [-0.2, -0.15) is 0 Å². The predicted molar refractivity (Wildman–Crippen MR) is 71.8 cm³/mol. The van der Waals surface area contributed by atoms with E-state index in [1.807, 2.05) is 6.08 Å². The quantitative estimate of drug-likeness (QED) is 0.485. The minimum absolute atomic E-state index is 0.775. The fraction of sp³-hybridized carbons (Fsp3) is 0.857. The number of rotatable bonds is 7. The molecule has 2 heteroatoms. The van der Waals surface area contributed by atoms with E-state index < -0.39 is 0 Å². The molecule has 0 saturated carbocycles. The lowest BCUT2D eigenvalue weighted by Gasteiger charge is -2.37. The van der Waals surface area contributed by atoms with Crippen molar-refractivity contribution >= 4 is 0 Å². The molecule has 0 aromatic heterocycles. The summed E-state index contributed by atoms with van der Waals surface area (Å²) in [5.74, 6) is 0. The minimum atomic E-state index is 0.775. The molecule has 0 spiro atoms. The third-order valence-electron chi connectivity index (χ3n) is 3.64. The van der Waals surface area contributed by atoms with Crippen molar-refractivity contribution < 1.29 is 0 Å². The van der Waals surface area contributed by atoms with Crippen LogP contribution >= 0.6 is 0 Å². The van der Waals surface area contributed by atoms with E-state index in [0.29, 0.717) is 0 Å². The van der Waals surface area contributed by atoms with E-state index in [0.717, 1.165) is 12.6 Å². The molecule has 0 bridgehead atoms. The van der Waals surface area contributed by atoms with Gasteiger partial charge in [0, 0.05) is 38.8 Å². The Balaban J connectivity index is 2.16. The van der Waals surface area contributed by atoms with Crippen LogP contribution in [0.3, 0.4) is 0 Å². The Morgan fingerprint density at radius 1 is 1.19 bits per heavy atom. The van der Waals surface area contributed by atoms with Gasteiger partial charge in [-0.25, -0.2) is 0 Å². The Morgan fingerprint density at radius 2 is 1.88 bits per heavy atom. The fourth-order valence-corrected chi connectivity index (χ4v) is 2.44. The highest BCUT2D eigenvalue weighted by Gasteiger charge is 2.19. The van der Waals surface area contributed by atoms with Crippen LogP contribution in [0.25, 0.3) is 0 Å². The number of piperazine rings is 1. The normalized spacial score (nSPS) is 20.9. The Kier molecular flexibility index (Phi) is 6.74. The van der Waals surface area contributed by atoms with Gasteiger partial charge in [-0.1, -0.05) is 32.3 Å². The van der Waals surface area contributed by atoms with Crippen LogP contribution in [-0.2, 0) is 0 Å². The lowest BCUT2D eigenvalue weighted by molar-refractivity contribution is 0.105. The van der Waals surface area contributed by atoms with Crippen molar-refractivity contribution in [2.75, 3.05) is 32.7 Å². The molecule has 0 aromatic carbocycles. The largest absolute Gasteiger partial charge is 0.298 e. The summed E-state index contributed by atoms with van der Waals surface area (Å²) in [7, 11) is 0. The molecule has 0 radical (unpaired) electrons. The summed E-state index contributed by atoms with van der Waals surface area (Å²) in [6, 6.07) is 0.775. The van der Waals surface area contributed by atoms with Crippen molar-refractivity contribution in [3.63, 3.8) is 0 Å². The SMILES string of the molecule is C=CCN1CCN(C(C)CCCCC)CC1. The summed E-state index contributed by atoms with van der Waals surface area (Å²) in [4.78, 5) is 5.14. The van der Waals surface area contributed by atoms with E-state index >= 15 is 0 Å². The summed E-state index contributed by atoms with van der Waals surface area (Å²) in [5.41, 5.74) is 0. The topological polar surface area (TPSA) is 6.48 Å². The van der Waals surface area contributed by atoms with E-state index in [4.69, 9.17) is 0 Å². The van der Waals surface area contributed by atoms with Gasteiger partial charge in [0.1, 0.15) is 0 Å². The molecule has 1 saturated heterocycles. The standard InChI is InChI=1S/C14H28N2/c1-4-6-7-8-14(3)16-12-10-15(9-5-2)11-13-16/h5,14H,2,4,6-13H2,1,3H3. The first-order valence-electron chi connectivity index (χ1n) is 6.85. The second kappa shape index (κ2) is 7.86. The van der Waals surface area contributed by atoms with Crippen LogP contribution in [0.15, 0.2) is 12.7 Å². The van der Waals surface area contributed by atoms with Gasteiger partial charge < -0.3 is 0 Å². The van der Waals surface area contributed by atoms with Gasteiger partial charge in [-0.05, 0) is 13.3 Å². The Bertz CT molecular complexity index is 183. The molecule has 1 unspecified atom stereocenters. The zero-order valence-corrected chi connectivity index (χ0v) is 11.1. The van der Waals surface area contributed by atoms with Crippen molar-refractivity contribution in [2.45, 2.75) is 45.6 Å². The van der Waals surface area contributed by atoms with Gasteiger partial charge >= 0.3 is 0 Å². The van der Waals surface area contributed by atoms with Crippen LogP contribution in [-0.4, -0.2) is 48.6 Å². The first-order chi connectivity index (χ1) is 7.77. The molecule has 0 aromatic rings. The van der Waals surface area contributed by atoms with Crippen LogP contribution in [0.2, 0.25) is 0 Å².